The number of furan rings is 1. The topological polar surface area (TPSA) is 63.5 Å². The van der Waals surface area contributed by atoms with Crippen LogP contribution in [0.2, 0.25) is 0 Å². The molecule has 2 aromatic rings. The number of anilines is 1. The highest BCUT2D eigenvalue weighted by molar-refractivity contribution is 5.92. The minimum atomic E-state index is -0.0981. The second-order valence-corrected chi connectivity index (χ2v) is 4.92. The molecule has 0 bridgehead atoms. The molecule has 5 nitrogen and oxygen atoms in total. The Balaban J connectivity index is 1.74. The maximum atomic E-state index is 11.8. The molecule has 2 N–H and O–H groups in total. The molecule has 0 aliphatic rings. The van der Waals surface area contributed by atoms with E-state index >= 15 is 0 Å². The molecule has 2 rings (SSSR count). The number of carbonyl (C=O) groups excluding carboxylic acids is 1. The Bertz CT molecular complexity index is 547. The molecule has 0 aliphatic heterocycles. The molecule has 0 aliphatic carbocycles. The minimum Gasteiger partial charge on any atom is -0.491 e. The van der Waals surface area contributed by atoms with Crippen LogP contribution in [-0.4, -0.2) is 18.6 Å². The second kappa shape index (κ2) is 7.50. The maximum absolute atomic E-state index is 11.8. The highest BCUT2D eigenvalue weighted by Gasteiger charge is 2.03. The van der Waals surface area contributed by atoms with E-state index in [0.717, 1.165) is 17.2 Å². The SMILES string of the molecule is CC(C)Oc1ccc(NC(=O)CNCc2ccco2)cc1. The van der Waals surface area contributed by atoms with Gasteiger partial charge < -0.3 is 19.8 Å². The Morgan fingerprint density at radius 3 is 2.62 bits per heavy atom. The summed E-state index contributed by atoms with van der Waals surface area (Å²) in [7, 11) is 0. The number of ether oxygens (including phenoxy) is 1. The van der Waals surface area contributed by atoms with E-state index in [1.165, 1.54) is 0 Å². The predicted molar refractivity (Wildman–Crippen MR) is 81.3 cm³/mol. The van der Waals surface area contributed by atoms with Gasteiger partial charge >= 0.3 is 0 Å². The Morgan fingerprint density at radius 2 is 2.00 bits per heavy atom. The van der Waals surface area contributed by atoms with Gasteiger partial charge in [0, 0.05) is 5.69 Å². The number of hydrogen-bond acceptors (Lipinski definition) is 4. The van der Waals surface area contributed by atoms with Crippen LogP contribution < -0.4 is 15.4 Å². The van der Waals surface area contributed by atoms with Crippen molar-refractivity contribution < 1.29 is 13.9 Å². The van der Waals surface area contributed by atoms with Crippen LogP contribution in [0.5, 0.6) is 5.75 Å². The van der Waals surface area contributed by atoms with Gasteiger partial charge in [0.2, 0.25) is 5.91 Å². The van der Waals surface area contributed by atoms with Crippen LogP contribution in [0.15, 0.2) is 47.1 Å². The zero-order chi connectivity index (χ0) is 15.1. The fourth-order valence-corrected chi connectivity index (χ4v) is 1.81. The van der Waals surface area contributed by atoms with Crippen molar-refractivity contribution in [1.82, 2.24) is 5.32 Å². The van der Waals surface area contributed by atoms with Crippen LogP contribution in [0.1, 0.15) is 19.6 Å². The molecule has 5 heteroatoms. The van der Waals surface area contributed by atoms with E-state index in [4.69, 9.17) is 9.15 Å². The van der Waals surface area contributed by atoms with E-state index in [9.17, 15) is 4.79 Å². The lowest BCUT2D eigenvalue weighted by atomic mass is 10.3. The summed E-state index contributed by atoms with van der Waals surface area (Å²) in [6.07, 6.45) is 1.74. The molecule has 0 spiro atoms. The maximum Gasteiger partial charge on any atom is 0.238 e. The van der Waals surface area contributed by atoms with Crippen molar-refractivity contribution in [1.29, 1.82) is 0 Å². The van der Waals surface area contributed by atoms with Gasteiger partial charge in [-0.1, -0.05) is 0 Å². The number of nitrogens with one attached hydrogen (secondary N) is 2. The lowest BCUT2D eigenvalue weighted by molar-refractivity contribution is -0.115. The van der Waals surface area contributed by atoms with E-state index in [1.807, 2.05) is 50.2 Å². The van der Waals surface area contributed by atoms with Gasteiger partial charge in [0.1, 0.15) is 11.5 Å². The molecule has 1 heterocycles. The van der Waals surface area contributed by atoms with Crippen LogP contribution in [0.25, 0.3) is 0 Å². The molecule has 21 heavy (non-hydrogen) atoms. The molecule has 1 amide bonds. The Kier molecular flexibility index (Phi) is 5.40. The third kappa shape index (κ3) is 5.31. The Labute approximate surface area is 124 Å². The van der Waals surface area contributed by atoms with Crippen molar-refractivity contribution in [3.05, 3.63) is 48.4 Å². The van der Waals surface area contributed by atoms with Crippen molar-refractivity contribution in [2.24, 2.45) is 0 Å². The minimum absolute atomic E-state index is 0.0981. The summed E-state index contributed by atoms with van der Waals surface area (Å²) in [6.45, 7) is 4.70. The first kappa shape index (κ1) is 15.1. The molecular formula is C16H20N2O3. The summed E-state index contributed by atoms with van der Waals surface area (Å²) >= 11 is 0. The second-order valence-electron chi connectivity index (χ2n) is 4.92. The molecule has 0 saturated heterocycles. The number of benzene rings is 1. The van der Waals surface area contributed by atoms with Crippen LogP contribution in [0.4, 0.5) is 5.69 Å². The van der Waals surface area contributed by atoms with Crippen molar-refractivity contribution in [3.8, 4) is 5.75 Å². The third-order valence-corrected chi connectivity index (χ3v) is 2.67. The standard InChI is InChI=1S/C16H20N2O3/c1-12(2)21-14-7-5-13(6-8-14)18-16(19)11-17-10-15-4-3-9-20-15/h3-9,12,17H,10-11H2,1-2H3,(H,18,19). The average Bonchev–Trinajstić information content (AvgIpc) is 2.93. The molecule has 1 aromatic heterocycles. The van der Waals surface area contributed by atoms with Crippen LogP contribution in [0.3, 0.4) is 0 Å². The molecule has 0 atom stereocenters. The molecule has 1 aromatic carbocycles. The third-order valence-electron chi connectivity index (χ3n) is 2.67. The Hall–Kier alpha value is -2.27. The van der Waals surface area contributed by atoms with Gasteiger partial charge in [0.05, 0.1) is 25.5 Å². The van der Waals surface area contributed by atoms with Crippen molar-refractivity contribution in [2.45, 2.75) is 26.5 Å². The average molecular weight is 288 g/mol. The van der Waals surface area contributed by atoms with Gasteiger partial charge in [-0.25, -0.2) is 0 Å². The van der Waals surface area contributed by atoms with Crippen LogP contribution in [-0.2, 0) is 11.3 Å². The smallest absolute Gasteiger partial charge is 0.238 e. The lowest BCUT2D eigenvalue weighted by Gasteiger charge is -2.10. The van der Waals surface area contributed by atoms with E-state index in [2.05, 4.69) is 10.6 Å². The fraction of sp³-hybridized carbons (Fsp3) is 0.312. The summed E-state index contributed by atoms with van der Waals surface area (Å²) in [5, 5.41) is 5.83. The van der Waals surface area contributed by atoms with Gasteiger partial charge in [0.15, 0.2) is 0 Å². The first-order valence-corrected chi connectivity index (χ1v) is 6.93. The first-order valence-electron chi connectivity index (χ1n) is 6.93. The molecule has 112 valence electrons. The summed E-state index contributed by atoms with van der Waals surface area (Å²) in [4.78, 5) is 11.8. The van der Waals surface area contributed by atoms with Crippen molar-refractivity contribution in [3.63, 3.8) is 0 Å². The predicted octanol–water partition coefficient (Wildman–Crippen LogP) is 2.80. The largest absolute Gasteiger partial charge is 0.491 e. The van der Waals surface area contributed by atoms with Crippen LogP contribution >= 0.6 is 0 Å². The number of rotatable bonds is 7. The summed E-state index contributed by atoms with van der Waals surface area (Å²) in [6, 6.07) is 11.0. The lowest BCUT2D eigenvalue weighted by Crippen LogP contribution is -2.27. The quantitative estimate of drug-likeness (QED) is 0.822. The van der Waals surface area contributed by atoms with E-state index < -0.39 is 0 Å². The molecule has 0 fully saturated rings. The summed E-state index contributed by atoms with van der Waals surface area (Å²) < 4.78 is 10.7. The van der Waals surface area contributed by atoms with Gasteiger partial charge in [0.25, 0.3) is 0 Å². The molecule has 0 unspecified atom stereocenters. The monoisotopic (exact) mass is 288 g/mol. The molecule has 0 saturated carbocycles. The zero-order valence-electron chi connectivity index (χ0n) is 12.3. The number of carbonyl (C=O) groups is 1. The summed E-state index contributed by atoms with van der Waals surface area (Å²) in [5.74, 6) is 1.50. The van der Waals surface area contributed by atoms with Gasteiger partial charge in [-0.3, -0.25) is 4.79 Å². The van der Waals surface area contributed by atoms with Gasteiger partial charge in [-0.15, -0.1) is 0 Å². The van der Waals surface area contributed by atoms with Crippen molar-refractivity contribution >= 4 is 11.6 Å². The van der Waals surface area contributed by atoms with Crippen molar-refractivity contribution in [2.75, 3.05) is 11.9 Å². The first-order chi connectivity index (χ1) is 10.1. The van der Waals surface area contributed by atoms with Crippen LogP contribution in [0, 0.1) is 0 Å². The highest BCUT2D eigenvalue weighted by Crippen LogP contribution is 2.16. The molecule has 0 radical (unpaired) electrons. The zero-order valence-corrected chi connectivity index (χ0v) is 12.3. The normalized spacial score (nSPS) is 10.6. The van der Waals surface area contributed by atoms with E-state index in [1.54, 1.807) is 6.26 Å². The number of hydrogen-bond donors (Lipinski definition) is 2. The van der Waals surface area contributed by atoms with E-state index in [0.29, 0.717) is 6.54 Å². The Morgan fingerprint density at radius 1 is 1.24 bits per heavy atom. The van der Waals surface area contributed by atoms with Gasteiger partial charge in [-0.2, -0.15) is 0 Å². The molecular weight excluding hydrogens is 268 g/mol. The summed E-state index contributed by atoms with van der Waals surface area (Å²) in [5.41, 5.74) is 0.746. The van der Waals surface area contributed by atoms with Gasteiger partial charge in [-0.05, 0) is 50.2 Å². The van der Waals surface area contributed by atoms with E-state index in [-0.39, 0.29) is 18.6 Å². The number of amides is 1. The fourth-order valence-electron chi connectivity index (χ4n) is 1.81. The highest BCUT2D eigenvalue weighted by atomic mass is 16.5.